The van der Waals surface area contributed by atoms with E-state index < -0.39 is 14.2 Å². The van der Waals surface area contributed by atoms with Gasteiger partial charge in [0.25, 0.3) is 0 Å². The van der Waals surface area contributed by atoms with E-state index in [1.165, 1.54) is 0 Å². The van der Waals surface area contributed by atoms with E-state index in [9.17, 15) is 0 Å². The Morgan fingerprint density at radius 2 is 1.18 bits per heavy atom. The SMILES string of the molecule is CC(C)B(O)OB(O)C(C)C. The zero-order chi connectivity index (χ0) is 9.02. The molecule has 0 saturated heterocycles. The van der Waals surface area contributed by atoms with Gasteiger partial charge in [-0.2, -0.15) is 0 Å². The molecule has 0 aliphatic rings. The van der Waals surface area contributed by atoms with Gasteiger partial charge in [-0.25, -0.2) is 0 Å². The van der Waals surface area contributed by atoms with Crippen LogP contribution < -0.4 is 0 Å². The zero-order valence-corrected chi connectivity index (χ0v) is 7.61. The quantitative estimate of drug-likeness (QED) is 0.594. The van der Waals surface area contributed by atoms with Gasteiger partial charge in [-0.3, -0.25) is 0 Å². The molecular formula is C6H16B2O3. The second-order valence-corrected chi connectivity index (χ2v) is 3.41. The third-order valence-electron chi connectivity index (χ3n) is 1.42. The highest BCUT2D eigenvalue weighted by molar-refractivity contribution is 6.59. The number of rotatable bonds is 4. The van der Waals surface area contributed by atoms with Crippen molar-refractivity contribution in [1.82, 2.24) is 0 Å². The van der Waals surface area contributed by atoms with Crippen LogP contribution in [0.15, 0.2) is 0 Å². The summed E-state index contributed by atoms with van der Waals surface area (Å²) in [6.07, 6.45) is 0. The van der Waals surface area contributed by atoms with Gasteiger partial charge in [-0.05, 0) is 11.6 Å². The molecule has 0 aliphatic heterocycles. The summed E-state index contributed by atoms with van der Waals surface area (Å²) in [6, 6.07) is 0. The van der Waals surface area contributed by atoms with Crippen molar-refractivity contribution in [2.24, 2.45) is 0 Å². The van der Waals surface area contributed by atoms with Gasteiger partial charge in [0, 0.05) is 0 Å². The molecular weight excluding hydrogens is 142 g/mol. The maximum absolute atomic E-state index is 9.16. The molecule has 64 valence electrons. The lowest BCUT2D eigenvalue weighted by molar-refractivity contribution is 0.338. The summed E-state index contributed by atoms with van der Waals surface area (Å²) < 4.78 is 4.88. The van der Waals surface area contributed by atoms with Crippen molar-refractivity contribution >= 4 is 14.2 Å². The highest BCUT2D eigenvalue weighted by atomic mass is 16.5. The van der Waals surface area contributed by atoms with Crippen LogP contribution in [0.2, 0.25) is 11.6 Å². The van der Waals surface area contributed by atoms with Crippen molar-refractivity contribution in [3.8, 4) is 0 Å². The molecule has 0 aliphatic carbocycles. The molecule has 0 spiro atoms. The van der Waals surface area contributed by atoms with Gasteiger partial charge >= 0.3 is 14.2 Å². The maximum atomic E-state index is 9.16. The molecule has 3 nitrogen and oxygen atoms in total. The van der Waals surface area contributed by atoms with Crippen molar-refractivity contribution in [2.75, 3.05) is 0 Å². The standard InChI is InChI=1S/C6H16B2O3/c1-5(2)7(9)11-8(10)6(3)4/h5-6,9-10H,1-4H3. The summed E-state index contributed by atoms with van der Waals surface area (Å²) in [6.45, 7) is 7.32. The lowest BCUT2D eigenvalue weighted by atomic mass is 9.67. The van der Waals surface area contributed by atoms with Crippen LogP contribution in [0.1, 0.15) is 27.7 Å². The Morgan fingerprint density at radius 1 is 0.909 bits per heavy atom. The smallest absolute Gasteiger partial charge is 0.443 e. The van der Waals surface area contributed by atoms with Crippen LogP contribution in [0.4, 0.5) is 0 Å². The van der Waals surface area contributed by atoms with Crippen molar-refractivity contribution < 1.29 is 14.6 Å². The van der Waals surface area contributed by atoms with Gasteiger partial charge in [0.15, 0.2) is 0 Å². The first-order valence-electron chi connectivity index (χ1n) is 3.96. The number of hydrogen-bond donors (Lipinski definition) is 2. The maximum Gasteiger partial charge on any atom is 0.443 e. The molecule has 0 aromatic carbocycles. The van der Waals surface area contributed by atoms with Gasteiger partial charge in [0.2, 0.25) is 0 Å². The Labute approximate surface area is 69.1 Å². The molecule has 0 fully saturated rings. The van der Waals surface area contributed by atoms with Crippen LogP contribution in [-0.4, -0.2) is 24.3 Å². The minimum Gasteiger partial charge on any atom is -0.451 e. The molecule has 0 bridgehead atoms. The summed E-state index contributed by atoms with van der Waals surface area (Å²) in [5.74, 6) is 0.0341. The van der Waals surface area contributed by atoms with Crippen molar-refractivity contribution in [3.63, 3.8) is 0 Å². The highest BCUT2D eigenvalue weighted by Crippen LogP contribution is 2.11. The molecule has 5 heteroatoms. The van der Waals surface area contributed by atoms with Crippen molar-refractivity contribution in [1.29, 1.82) is 0 Å². The minimum absolute atomic E-state index is 0.0170. The molecule has 0 amide bonds. The molecule has 0 saturated carbocycles. The molecule has 0 unspecified atom stereocenters. The fraction of sp³-hybridized carbons (Fsp3) is 1.00. The highest BCUT2D eigenvalue weighted by Gasteiger charge is 2.27. The average Bonchev–Trinajstić information content (AvgIpc) is 1.87. The largest absolute Gasteiger partial charge is 0.451 e. The van der Waals surface area contributed by atoms with Gasteiger partial charge in [-0.15, -0.1) is 0 Å². The van der Waals surface area contributed by atoms with Crippen molar-refractivity contribution in [2.45, 2.75) is 39.3 Å². The topological polar surface area (TPSA) is 49.7 Å². The molecule has 0 radical (unpaired) electrons. The first-order valence-corrected chi connectivity index (χ1v) is 3.96. The molecule has 0 aromatic heterocycles. The third-order valence-corrected chi connectivity index (χ3v) is 1.42. The van der Waals surface area contributed by atoms with Crippen LogP contribution >= 0.6 is 0 Å². The van der Waals surface area contributed by atoms with Crippen LogP contribution in [0.25, 0.3) is 0 Å². The summed E-state index contributed by atoms with van der Waals surface area (Å²) in [7, 11) is -1.74. The van der Waals surface area contributed by atoms with E-state index in [0.717, 1.165) is 0 Å². The molecule has 0 heterocycles. The fourth-order valence-electron chi connectivity index (χ4n) is 0.457. The Kier molecular flexibility index (Phi) is 4.81. The molecule has 2 N–H and O–H groups in total. The van der Waals surface area contributed by atoms with E-state index in [2.05, 4.69) is 0 Å². The predicted octanol–water partition coefficient (Wildman–Crippen LogP) is 0.784. The normalized spacial score (nSPS) is 10.9. The first kappa shape index (κ1) is 11.0. The predicted molar refractivity (Wildman–Crippen MR) is 47.2 cm³/mol. The molecule has 0 atom stereocenters. The summed E-state index contributed by atoms with van der Waals surface area (Å²) in [5, 5.41) is 18.3. The summed E-state index contributed by atoms with van der Waals surface area (Å²) in [5.41, 5.74) is 0. The second-order valence-electron chi connectivity index (χ2n) is 3.41. The second kappa shape index (κ2) is 4.80. The van der Waals surface area contributed by atoms with Crippen LogP contribution in [0.5, 0.6) is 0 Å². The van der Waals surface area contributed by atoms with E-state index >= 15 is 0 Å². The summed E-state index contributed by atoms with van der Waals surface area (Å²) >= 11 is 0. The third kappa shape index (κ3) is 4.45. The van der Waals surface area contributed by atoms with Crippen LogP contribution in [0, 0.1) is 0 Å². The lowest BCUT2D eigenvalue weighted by Crippen LogP contribution is -2.33. The molecule has 11 heavy (non-hydrogen) atoms. The monoisotopic (exact) mass is 158 g/mol. The van der Waals surface area contributed by atoms with Crippen molar-refractivity contribution in [3.05, 3.63) is 0 Å². The Bertz CT molecular complexity index is 96.0. The molecule has 0 aromatic rings. The Morgan fingerprint density at radius 3 is 1.36 bits per heavy atom. The first-order chi connectivity index (χ1) is 4.95. The van der Waals surface area contributed by atoms with Gasteiger partial charge in [0.05, 0.1) is 0 Å². The lowest BCUT2D eigenvalue weighted by Gasteiger charge is -2.15. The molecule has 0 rings (SSSR count). The Balaban J connectivity index is 3.66. The zero-order valence-electron chi connectivity index (χ0n) is 7.61. The van der Waals surface area contributed by atoms with Gasteiger partial charge in [-0.1, -0.05) is 27.7 Å². The number of hydrogen-bond acceptors (Lipinski definition) is 3. The van der Waals surface area contributed by atoms with E-state index in [4.69, 9.17) is 14.6 Å². The van der Waals surface area contributed by atoms with Crippen LogP contribution in [0.3, 0.4) is 0 Å². The summed E-state index contributed by atoms with van der Waals surface area (Å²) in [4.78, 5) is 0. The van der Waals surface area contributed by atoms with E-state index in [1.807, 2.05) is 27.7 Å². The minimum atomic E-state index is -0.868. The van der Waals surface area contributed by atoms with Gasteiger partial charge in [0.1, 0.15) is 0 Å². The Hall–Kier alpha value is 0.00987. The van der Waals surface area contributed by atoms with Gasteiger partial charge < -0.3 is 14.6 Å². The van der Waals surface area contributed by atoms with E-state index in [1.54, 1.807) is 0 Å². The van der Waals surface area contributed by atoms with E-state index in [-0.39, 0.29) is 11.6 Å². The van der Waals surface area contributed by atoms with E-state index in [0.29, 0.717) is 0 Å². The average molecular weight is 158 g/mol. The van der Waals surface area contributed by atoms with Crippen LogP contribution in [-0.2, 0) is 4.57 Å². The fourth-order valence-corrected chi connectivity index (χ4v) is 0.457.